The molecule has 0 unspecified atom stereocenters. The van der Waals surface area contributed by atoms with E-state index in [0.717, 1.165) is 11.4 Å². The Bertz CT molecular complexity index is 752. The molecule has 0 radical (unpaired) electrons. The highest BCUT2D eigenvalue weighted by Gasteiger charge is 2.17. The number of hydrogen-bond acceptors (Lipinski definition) is 7. The fourth-order valence-electron chi connectivity index (χ4n) is 2.14. The fourth-order valence-corrected chi connectivity index (χ4v) is 2.89. The maximum atomic E-state index is 12.1. The Hall–Kier alpha value is -2.19. The third-order valence-corrected chi connectivity index (χ3v) is 3.96. The molecule has 0 bridgehead atoms. The lowest BCUT2D eigenvalue weighted by molar-refractivity contribution is -0.113. The topological polar surface area (TPSA) is 99.4 Å². The summed E-state index contributed by atoms with van der Waals surface area (Å²) in [6.45, 7) is 3.95. The average Bonchev–Trinajstić information content (AvgIpc) is 2.91. The van der Waals surface area contributed by atoms with E-state index in [1.54, 1.807) is 12.1 Å². The summed E-state index contributed by atoms with van der Waals surface area (Å²) < 4.78 is 10.5. The molecule has 0 atom stereocenters. The van der Waals surface area contributed by atoms with Gasteiger partial charge in [-0.15, -0.1) is 12.4 Å². The summed E-state index contributed by atoms with van der Waals surface area (Å²) in [4.78, 5) is 20.7. The van der Waals surface area contributed by atoms with E-state index in [0.29, 0.717) is 28.0 Å². The molecule has 9 heteroatoms. The average molecular weight is 369 g/mol. The van der Waals surface area contributed by atoms with Gasteiger partial charge in [0.2, 0.25) is 12.7 Å². The molecule has 2 heterocycles. The van der Waals surface area contributed by atoms with Crippen molar-refractivity contribution in [1.82, 2.24) is 9.97 Å². The van der Waals surface area contributed by atoms with Gasteiger partial charge in [-0.1, -0.05) is 11.8 Å². The van der Waals surface area contributed by atoms with Crippen molar-refractivity contribution in [3.05, 3.63) is 29.6 Å². The molecule has 128 valence electrons. The first-order valence-corrected chi connectivity index (χ1v) is 7.94. The van der Waals surface area contributed by atoms with Gasteiger partial charge < -0.3 is 20.5 Å². The molecular formula is C15H17ClN4O3S. The molecule has 0 saturated carbocycles. The van der Waals surface area contributed by atoms with Crippen LogP contribution in [0.5, 0.6) is 11.5 Å². The van der Waals surface area contributed by atoms with E-state index < -0.39 is 0 Å². The van der Waals surface area contributed by atoms with Crippen LogP contribution in [0.4, 0.5) is 11.4 Å². The number of ether oxygens (including phenoxy) is 2. The van der Waals surface area contributed by atoms with E-state index in [1.165, 1.54) is 11.8 Å². The van der Waals surface area contributed by atoms with Gasteiger partial charge in [-0.3, -0.25) is 4.79 Å². The Balaban J connectivity index is 0.00000208. The van der Waals surface area contributed by atoms with E-state index in [-0.39, 0.29) is 30.9 Å². The van der Waals surface area contributed by atoms with Gasteiger partial charge in [0.05, 0.1) is 17.1 Å². The number of anilines is 2. The number of nitrogens with one attached hydrogen (secondary N) is 1. The zero-order valence-corrected chi connectivity index (χ0v) is 14.8. The minimum Gasteiger partial charge on any atom is -0.454 e. The number of rotatable bonds is 4. The minimum absolute atomic E-state index is 0. The number of amides is 1. The first kappa shape index (κ1) is 18.2. The van der Waals surface area contributed by atoms with Crippen molar-refractivity contribution in [2.24, 2.45) is 0 Å². The van der Waals surface area contributed by atoms with Gasteiger partial charge >= 0.3 is 0 Å². The molecule has 1 aromatic carbocycles. The summed E-state index contributed by atoms with van der Waals surface area (Å²) in [5, 5.41) is 3.34. The van der Waals surface area contributed by atoms with Gasteiger partial charge in [0.25, 0.3) is 0 Å². The highest BCUT2D eigenvalue weighted by atomic mass is 35.5. The second kappa shape index (κ2) is 7.59. The van der Waals surface area contributed by atoms with Gasteiger partial charge in [-0.2, -0.15) is 0 Å². The van der Waals surface area contributed by atoms with Crippen LogP contribution in [0.15, 0.2) is 23.4 Å². The normalized spacial score (nSPS) is 11.8. The fraction of sp³-hybridized carbons (Fsp3) is 0.267. The number of aryl methyl sites for hydroxylation is 2. The zero-order valence-electron chi connectivity index (χ0n) is 13.2. The Morgan fingerprint density at radius 2 is 1.83 bits per heavy atom. The Labute approximate surface area is 149 Å². The van der Waals surface area contributed by atoms with E-state index in [2.05, 4.69) is 15.3 Å². The second-order valence-corrected chi connectivity index (χ2v) is 6.01. The summed E-state index contributed by atoms with van der Waals surface area (Å²) >= 11 is 1.28. The summed E-state index contributed by atoms with van der Waals surface area (Å²) in [5.74, 6) is 1.15. The summed E-state index contributed by atoms with van der Waals surface area (Å²) in [5.41, 5.74) is 8.59. The number of carbonyl (C=O) groups excluding carboxylic acids is 1. The summed E-state index contributed by atoms with van der Waals surface area (Å²) in [7, 11) is 0. The zero-order chi connectivity index (χ0) is 16.4. The van der Waals surface area contributed by atoms with Crippen LogP contribution in [0.25, 0.3) is 0 Å². The molecule has 0 aliphatic carbocycles. The van der Waals surface area contributed by atoms with Gasteiger partial charge in [-0.25, -0.2) is 9.97 Å². The lowest BCUT2D eigenvalue weighted by Gasteiger charge is -2.09. The number of thioether (sulfide) groups is 1. The molecule has 3 rings (SSSR count). The Morgan fingerprint density at radius 1 is 1.21 bits per heavy atom. The van der Waals surface area contributed by atoms with Gasteiger partial charge in [0.15, 0.2) is 16.7 Å². The number of nitrogens with zero attached hydrogens (tertiary/aromatic N) is 2. The SMILES string of the molecule is Cc1cc(C)nc(SCC(=O)Nc2cc3c(cc2N)OCO3)n1.Cl. The second-order valence-electron chi connectivity index (χ2n) is 5.06. The largest absolute Gasteiger partial charge is 0.454 e. The Kier molecular flexibility index (Phi) is 5.74. The number of halogens is 1. The molecule has 1 amide bonds. The van der Waals surface area contributed by atoms with E-state index in [4.69, 9.17) is 15.2 Å². The van der Waals surface area contributed by atoms with Crippen LogP contribution in [0.1, 0.15) is 11.4 Å². The van der Waals surface area contributed by atoms with E-state index in [1.807, 2.05) is 19.9 Å². The van der Waals surface area contributed by atoms with Crippen molar-refractivity contribution < 1.29 is 14.3 Å². The quantitative estimate of drug-likeness (QED) is 0.486. The maximum Gasteiger partial charge on any atom is 0.234 e. The molecule has 1 aliphatic heterocycles. The molecule has 0 saturated heterocycles. The number of benzene rings is 1. The first-order chi connectivity index (χ1) is 11.0. The maximum absolute atomic E-state index is 12.1. The number of nitrogen functional groups attached to an aromatic ring is 1. The van der Waals surface area contributed by atoms with E-state index in [9.17, 15) is 4.79 Å². The highest BCUT2D eigenvalue weighted by Crippen LogP contribution is 2.38. The minimum atomic E-state index is -0.191. The van der Waals surface area contributed by atoms with Crippen LogP contribution in [0.3, 0.4) is 0 Å². The molecule has 0 fully saturated rings. The van der Waals surface area contributed by atoms with Crippen molar-refractivity contribution in [2.75, 3.05) is 23.6 Å². The highest BCUT2D eigenvalue weighted by molar-refractivity contribution is 7.99. The standard InChI is InChI=1S/C15H16N4O3S.ClH/c1-8-3-9(2)18-15(17-8)23-6-14(20)19-11-5-13-12(4-10(11)16)21-7-22-13;/h3-5H,6-7,16H2,1-2H3,(H,19,20);1H. The number of hydrogen-bond donors (Lipinski definition) is 2. The monoisotopic (exact) mass is 368 g/mol. The summed E-state index contributed by atoms with van der Waals surface area (Å²) in [6, 6.07) is 5.18. The Morgan fingerprint density at radius 3 is 2.50 bits per heavy atom. The molecule has 24 heavy (non-hydrogen) atoms. The molecule has 0 spiro atoms. The van der Waals surface area contributed by atoms with Crippen LogP contribution >= 0.6 is 24.2 Å². The van der Waals surface area contributed by atoms with E-state index >= 15 is 0 Å². The van der Waals surface area contributed by atoms with Gasteiger partial charge in [-0.05, 0) is 19.9 Å². The first-order valence-electron chi connectivity index (χ1n) is 6.95. The number of nitrogens with two attached hydrogens (primary N) is 1. The van der Waals surface area contributed by atoms with Crippen molar-refractivity contribution in [3.8, 4) is 11.5 Å². The molecule has 1 aliphatic rings. The van der Waals surface area contributed by atoms with Crippen LogP contribution in [-0.4, -0.2) is 28.4 Å². The lowest BCUT2D eigenvalue weighted by Crippen LogP contribution is -2.15. The van der Waals surface area contributed by atoms with Crippen LogP contribution in [-0.2, 0) is 4.79 Å². The van der Waals surface area contributed by atoms with Crippen LogP contribution < -0.4 is 20.5 Å². The predicted molar refractivity (Wildman–Crippen MR) is 95.1 cm³/mol. The number of carbonyl (C=O) groups is 1. The van der Waals surface area contributed by atoms with Crippen molar-refractivity contribution in [3.63, 3.8) is 0 Å². The third-order valence-electron chi connectivity index (χ3n) is 3.11. The van der Waals surface area contributed by atoms with Crippen molar-refractivity contribution in [1.29, 1.82) is 0 Å². The van der Waals surface area contributed by atoms with Crippen molar-refractivity contribution >= 4 is 41.5 Å². The summed E-state index contributed by atoms with van der Waals surface area (Å²) in [6.07, 6.45) is 0. The van der Waals surface area contributed by atoms with Gasteiger partial charge in [0.1, 0.15) is 0 Å². The lowest BCUT2D eigenvalue weighted by atomic mass is 10.2. The number of fused-ring (bicyclic) bond motifs is 1. The molecule has 3 N–H and O–H groups in total. The third kappa shape index (κ3) is 4.21. The van der Waals surface area contributed by atoms with Gasteiger partial charge in [0, 0.05) is 23.5 Å². The predicted octanol–water partition coefficient (Wildman–Crippen LogP) is 2.56. The van der Waals surface area contributed by atoms with Crippen molar-refractivity contribution in [2.45, 2.75) is 19.0 Å². The van der Waals surface area contributed by atoms with Crippen LogP contribution in [0, 0.1) is 13.8 Å². The van der Waals surface area contributed by atoms with Crippen LogP contribution in [0.2, 0.25) is 0 Å². The smallest absolute Gasteiger partial charge is 0.234 e. The number of aromatic nitrogens is 2. The molecule has 7 nitrogen and oxygen atoms in total. The molecule has 1 aromatic heterocycles. The molecular weight excluding hydrogens is 352 g/mol. The molecule has 2 aromatic rings.